The molecular weight excluding hydrogens is 334 g/mol. The molecule has 1 fully saturated rings. The number of hydrogen-bond acceptors (Lipinski definition) is 3. The minimum atomic E-state index is -0.788. The summed E-state index contributed by atoms with van der Waals surface area (Å²) in [5, 5.41) is 14.7. The van der Waals surface area contributed by atoms with Gasteiger partial charge in [0.1, 0.15) is 0 Å². The van der Waals surface area contributed by atoms with Crippen molar-refractivity contribution in [3.8, 4) is 0 Å². The minimum absolute atomic E-state index is 0.0877. The molecule has 0 radical (unpaired) electrons. The highest BCUT2D eigenvalue weighted by Crippen LogP contribution is 2.17. The van der Waals surface area contributed by atoms with Crippen molar-refractivity contribution in [1.29, 1.82) is 0 Å². The van der Waals surface area contributed by atoms with Crippen molar-refractivity contribution in [1.82, 2.24) is 15.5 Å². The van der Waals surface area contributed by atoms with Gasteiger partial charge in [-0.15, -0.1) is 0 Å². The molecule has 3 amide bonds. The molecule has 1 heterocycles. The first-order chi connectivity index (χ1) is 12.5. The first-order valence-electron chi connectivity index (χ1n) is 9.14. The van der Waals surface area contributed by atoms with Crippen LogP contribution in [0, 0.1) is 5.92 Å². The predicted octanol–water partition coefficient (Wildman–Crippen LogP) is 2.22. The maximum Gasteiger partial charge on any atom is 0.317 e. The van der Waals surface area contributed by atoms with Crippen LogP contribution in [0.2, 0.25) is 0 Å². The lowest BCUT2D eigenvalue weighted by Crippen LogP contribution is -2.45. The number of carbonyl (C=O) groups is 3. The average Bonchev–Trinajstić information content (AvgIpc) is 2.66. The fourth-order valence-corrected chi connectivity index (χ4v) is 2.87. The van der Waals surface area contributed by atoms with Crippen LogP contribution in [0.1, 0.15) is 48.5 Å². The Morgan fingerprint density at radius 2 is 1.77 bits per heavy atom. The van der Waals surface area contributed by atoms with Crippen LogP contribution in [-0.4, -0.2) is 47.5 Å². The molecule has 0 aromatic heterocycles. The van der Waals surface area contributed by atoms with Crippen molar-refractivity contribution >= 4 is 17.9 Å². The fourth-order valence-electron chi connectivity index (χ4n) is 2.87. The van der Waals surface area contributed by atoms with E-state index in [-0.39, 0.29) is 17.9 Å². The van der Waals surface area contributed by atoms with Crippen molar-refractivity contribution in [2.45, 2.75) is 39.2 Å². The maximum atomic E-state index is 12.2. The normalized spacial score (nSPS) is 14.7. The number of carbonyl (C=O) groups excluding carboxylic acids is 2. The molecule has 0 spiro atoms. The summed E-state index contributed by atoms with van der Waals surface area (Å²) in [6.45, 7) is 4.03. The molecule has 1 aromatic carbocycles. The zero-order valence-electron chi connectivity index (χ0n) is 15.2. The lowest BCUT2D eigenvalue weighted by molar-refractivity contribution is -0.143. The lowest BCUT2D eigenvalue weighted by atomic mass is 9.97. The summed E-state index contributed by atoms with van der Waals surface area (Å²) in [5.74, 6) is -1.23. The summed E-state index contributed by atoms with van der Waals surface area (Å²) in [4.78, 5) is 36.7. The highest BCUT2D eigenvalue weighted by molar-refractivity contribution is 5.94. The number of unbranched alkanes of at least 4 members (excludes halogenated alkanes) is 1. The quantitative estimate of drug-likeness (QED) is 0.649. The average molecular weight is 361 g/mol. The Morgan fingerprint density at radius 1 is 1.12 bits per heavy atom. The monoisotopic (exact) mass is 361 g/mol. The van der Waals surface area contributed by atoms with Gasteiger partial charge in [-0.1, -0.05) is 25.5 Å². The van der Waals surface area contributed by atoms with Gasteiger partial charge in [-0.3, -0.25) is 9.59 Å². The van der Waals surface area contributed by atoms with Gasteiger partial charge in [0.2, 0.25) is 0 Å². The van der Waals surface area contributed by atoms with Gasteiger partial charge in [-0.05, 0) is 37.0 Å². The largest absolute Gasteiger partial charge is 0.481 e. The zero-order valence-corrected chi connectivity index (χ0v) is 15.2. The Kier molecular flexibility index (Phi) is 7.44. The van der Waals surface area contributed by atoms with Crippen molar-refractivity contribution < 1.29 is 19.5 Å². The first-order valence-corrected chi connectivity index (χ1v) is 9.14. The van der Waals surface area contributed by atoms with Gasteiger partial charge < -0.3 is 20.6 Å². The summed E-state index contributed by atoms with van der Waals surface area (Å²) in [7, 11) is 0. The number of aliphatic carboxylic acids is 1. The van der Waals surface area contributed by atoms with Gasteiger partial charge in [0.25, 0.3) is 5.91 Å². The van der Waals surface area contributed by atoms with Gasteiger partial charge in [-0.25, -0.2) is 4.79 Å². The van der Waals surface area contributed by atoms with Gasteiger partial charge in [0.15, 0.2) is 0 Å². The maximum absolute atomic E-state index is 12.2. The van der Waals surface area contributed by atoms with Gasteiger partial charge >= 0.3 is 12.0 Å². The van der Waals surface area contributed by atoms with E-state index in [1.165, 1.54) is 0 Å². The molecule has 0 bridgehead atoms. The Balaban J connectivity index is 1.76. The molecule has 142 valence electrons. The van der Waals surface area contributed by atoms with Gasteiger partial charge in [0, 0.05) is 31.7 Å². The van der Waals surface area contributed by atoms with E-state index in [1.54, 1.807) is 17.0 Å². The van der Waals surface area contributed by atoms with Crippen molar-refractivity contribution in [2.24, 2.45) is 5.92 Å². The highest BCUT2D eigenvalue weighted by Gasteiger charge is 2.26. The third kappa shape index (κ3) is 5.75. The van der Waals surface area contributed by atoms with Crippen LogP contribution in [0.4, 0.5) is 4.79 Å². The van der Waals surface area contributed by atoms with Crippen LogP contribution in [0.25, 0.3) is 0 Å². The van der Waals surface area contributed by atoms with Crippen LogP contribution in [0.3, 0.4) is 0 Å². The summed E-state index contributed by atoms with van der Waals surface area (Å²) in [6.07, 6.45) is 2.97. The minimum Gasteiger partial charge on any atom is -0.481 e. The van der Waals surface area contributed by atoms with E-state index in [2.05, 4.69) is 17.6 Å². The molecule has 7 nitrogen and oxygen atoms in total. The number of carboxylic acids is 1. The smallest absolute Gasteiger partial charge is 0.317 e. The molecule has 2 rings (SSSR count). The number of piperidine rings is 1. The zero-order chi connectivity index (χ0) is 18.9. The highest BCUT2D eigenvalue weighted by atomic mass is 16.4. The van der Waals surface area contributed by atoms with E-state index in [9.17, 15) is 14.4 Å². The molecule has 0 atom stereocenters. The molecule has 1 aliphatic rings. The Morgan fingerprint density at radius 3 is 2.35 bits per heavy atom. The molecule has 1 saturated heterocycles. The summed E-state index contributed by atoms with van der Waals surface area (Å²) < 4.78 is 0. The number of likely N-dealkylation sites (tertiary alicyclic amines) is 1. The number of nitrogens with one attached hydrogen (secondary N) is 2. The van der Waals surface area contributed by atoms with Crippen molar-refractivity contribution in [3.05, 3.63) is 35.4 Å². The first kappa shape index (κ1) is 19.8. The van der Waals surface area contributed by atoms with E-state index in [0.717, 1.165) is 18.4 Å². The molecule has 26 heavy (non-hydrogen) atoms. The van der Waals surface area contributed by atoms with Gasteiger partial charge in [-0.2, -0.15) is 0 Å². The summed E-state index contributed by atoms with van der Waals surface area (Å²) in [5.41, 5.74) is 1.51. The van der Waals surface area contributed by atoms with E-state index < -0.39 is 5.97 Å². The van der Waals surface area contributed by atoms with E-state index >= 15 is 0 Å². The number of benzene rings is 1. The third-order valence-electron chi connectivity index (χ3n) is 4.61. The van der Waals surface area contributed by atoms with Crippen LogP contribution >= 0.6 is 0 Å². The molecule has 7 heteroatoms. The second-order valence-corrected chi connectivity index (χ2v) is 6.56. The molecule has 3 N–H and O–H groups in total. The third-order valence-corrected chi connectivity index (χ3v) is 4.61. The molecule has 0 aliphatic carbocycles. The van der Waals surface area contributed by atoms with Crippen LogP contribution in [-0.2, 0) is 11.3 Å². The number of amides is 3. The Hall–Kier alpha value is -2.57. The molecule has 0 unspecified atom stereocenters. The van der Waals surface area contributed by atoms with Gasteiger partial charge in [0.05, 0.1) is 5.92 Å². The van der Waals surface area contributed by atoms with Crippen molar-refractivity contribution in [3.63, 3.8) is 0 Å². The van der Waals surface area contributed by atoms with E-state index in [4.69, 9.17) is 5.11 Å². The lowest BCUT2D eigenvalue weighted by Gasteiger charge is -2.30. The second-order valence-electron chi connectivity index (χ2n) is 6.56. The van der Waals surface area contributed by atoms with Crippen LogP contribution in [0.15, 0.2) is 24.3 Å². The molecule has 1 aromatic rings. The number of hydrogen-bond donors (Lipinski definition) is 3. The SMILES string of the molecule is CCCCNC(=O)c1ccc(CNC(=O)N2CCC(C(=O)O)CC2)cc1. The number of carboxylic acid groups (broad SMARTS) is 1. The van der Waals surface area contributed by atoms with Crippen LogP contribution < -0.4 is 10.6 Å². The number of nitrogens with zero attached hydrogens (tertiary/aromatic N) is 1. The Labute approximate surface area is 153 Å². The molecular formula is C19H27N3O4. The molecule has 0 saturated carbocycles. The summed E-state index contributed by atoms with van der Waals surface area (Å²) in [6, 6.07) is 6.97. The van der Waals surface area contributed by atoms with E-state index in [0.29, 0.717) is 44.6 Å². The second kappa shape index (κ2) is 9.79. The van der Waals surface area contributed by atoms with Crippen molar-refractivity contribution in [2.75, 3.05) is 19.6 Å². The number of rotatable bonds is 7. The predicted molar refractivity (Wildman–Crippen MR) is 97.9 cm³/mol. The topological polar surface area (TPSA) is 98.7 Å². The van der Waals surface area contributed by atoms with Crippen LogP contribution in [0.5, 0.6) is 0 Å². The number of urea groups is 1. The van der Waals surface area contributed by atoms with E-state index in [1.807, 2.05) is 12.1 Å². The molecule has 1 aliphatic heterocycles. The Bertz CT molecular complexity index is 622. The standard InChI is InChI=1S/C19H27N3O4/c1-2-3-10-20-17(23)15-6-4-14(5-7-15)13-21-19(26)22-11-8-16(9-12-22)18(24)25/h4-7,16H,2-3,8-13H2,1H3,(H,20,23)(H,21,26)(H,24,25). The summed E-state index contributed by atoms with van der Waals surface area (Å²) >= 11 is 0. The fraction of sp³-hybridized carbons (Fsp3) is 0.526.